The number of carboxylic acids is 1. The second kappa shape index (κ2) is 6.08. The molecule has 2 rings (SSSR count). The number of amides is 2. The molecular formula is C15H20N2O4S. The molecule has 1 aliphatic heterocycles. The average molecular weight is 324 g/mol. The van der Waals surface area contributed by atoms with E-state index in [0.717, 1.165) is 11.3 Å². The molecule has 0 atom stereocenters. The Hall–Kier alpha value is -1.89. The first-order valence-electron chi connectivity index (χ1n) is 7.12. The molecule has 1 aromatic heterocycles. The highest BCUT2D eigenvalue weighted by Gasteiger charge is 2.31. The Balaban J connectivity index is 1.97. The molecule has 2 amide bonds. The topological polar surface area (TPSA) is 77.9 Å². The lowest BCUT2D eigenvalue weighted by Crippen LogP contribution is -2.52. The third-order valence-electron chi connectivity index (χ3n) is 3.52. The number of piperazine rings is 1. The highest BCUT2D eigenvalue weighted by molar-refractivity contribution is 7.15. The van der Waals surface area contributed by atoms with E-state index < -0.39 is 11.4 Å². The monoisotopic (exact) mass is 324 g/mol. The van der Waals surface area contributed by atoms with E-state index in [9.17, 15) is 14.4 Å². The summed E-state index contributed by atoms with van der Waals surface area (Å²) in [6.45, 7) is 7.61. The number of thiophene rings is 1. The van der Waals surface area contributed by atoms with Gasteiger partial charge in [0.25, 0.3) is 5.91 Å². The van der Waals surface area contributed by atoms with Crippen molar-refractivity contribution in [3.05, 3.63) is 21.9 Å². The Morgan fingerprint density at radius 2 is 1.50 bits per heavy atom. The second-order valence-corrected chi connectivity index (χ2v) is 7.39. The van der Waals surface area contributed by atoms with Crippen LogP contribution < -0.4 is 0 Å². The molecule has 0 radical (unpaired) electrons. The molecule has 1 aromatic rings. The lowest BCUT2D eigenvalue weighted by Gasteiger charge is -2.37. The van der Waals surface area contributed by atoms with Crippen LogP contribution in [0, 0.1) is 5.41 Å². The summed E-state index contributed by atoms with van der Waals surface area (Å²) < 4.78 is 0. The van der Waals surface area contributed by atoms with E-state index in [2.05, 4.69) is 0 Å². The van der Waals surface area contributed by atoms with E-state index in [0.29, 0.717) is 31.1 Å². The van der Waals surface area contributed by atoms with Gasteiger partial charge in [-0.1, -0.05) is 20.8 Å². The molecule has 0 bridgehead atoms. The minimum atomic E-state index is -1.02. The summed E-state index contributed by atoms with van der Waals surface area (Å²) in [5.41, 5.74) is -0.420. The van der Waals surface area contributed by atoms with Crippen molar-refractivity contribution in [1.29, 1.82) is 0 Å². The highest BCUT2D eigenvalue weighted by Crippen LogP contribution is 2.21. The number of carboxylic acid groups (broad SMARTS) is 1. The van der Waals surface area contributed by atoms with Gasteiger partial charge in [0.05, 0.1) is 4.88 Å². The lowest BCUT2D eigenvalue weighted by molar-refractivity contribution is -0.140. The number of rotatable bonds is 2. The van der Waals surface area contributed by atoms with Crippen molar-refractivity contribution in [3.8, 4) is 0 Å². The molecule has 7 heteroatoms. The molecule has 1 saturated heterocycles. The van der Waals surface area contributed by atoms with Crippen LogP contribution in [0.3, 0.4) is 0 Å². The Kier molecular flexibility index (Phi) is 4.55. The van der Waals surface area contributed by atoms with Crippen molar-refractivity contribution in [2.45, 2.75) is 20.8 Å². The van der Waals surface area contributed by atoms with Gasteiger partial charge in [0.15, 0.2) is 0 Å². The Morgan fingerprint density at radius 1 is 1.00 bits per heavy atom. The molecule has 120 valence electrons. The van der Waals surface area contributed by atoms with Crippen molar-refractivity contribution in [3.63, 3.8) is 0 Å². The number of nitrogens with zero attached hydrogens (tertiary/aromatic N) is 2. The van der Waals surface area contributed by atoms with Gasteiger partial charge in [0.1, 0.15) is 4.88 Å². The fraction of sp³-hybridized carbons (Fsp3) is 0.533. The number of hydrogen-bond acceptors (Lipinski definition) is 4. The van der Waals surface area contributed by atoms with Gasteiger partial charge in [0.2, 0.25) is 5.91 Å². The predicted molar refractivity (Wildman–Crippen MR) is 83.2 cm³/mol. The molecule has 6 nitrogen and oxygen atoms in total. The molecule has 22 heavy (non-hydrogen) atoms. The van der Waals surface area contributed by atoms with Gasteiger partial charge in [-0.05, 0) is 12.1 Å². The molecular weight excluding hydrogens is 304 g/mol. The van der Waals surface area contributed by atoms with Crippen LogP contribution in [0.1, 0.15) is 40.1 Å². The van der Waals surface area contributed by atoms with Gasteiger partial charge >= 0.3 is 5.97 Å². The van der Waals surface area contributed by atoms with Crippen molar-refractivity contribution < 1.29 is 19.5 Å². The van der Waals surface area contributed by atoms with E-state index in [1.165, 1.54) is 6.07 Å². The first-order valence-corrected chi connectivity index (χ1v) is 7.93. The predicted octanol–water partition coefficient (Wildman–Crippen LogP) is 1.78. The summed E-state index contributed by atoms with van der Waals surface area (Å²) >= 11 is 0.983. The first-order chi connectivity index (χ1) is 10.2. The molecule has 1 fully saturated rings. The molecule has 0 aromatic carbocycles. The maximum absolute atomic E-state index is 12.3. The van der Waals surface area contributed by atoms with E-state index in [1.54, 1.807) is 15.9 Å². The quantitative estimate of drug-likeness (QED) is 0.899. The van der Waals surface area contributed by atoms with Crippen LogP contribution in [-0.2, 0) is 4.79 Å². The zero-order valence-electron chi connectivity index (χ0n) is 13.0. The molecule has 0 aliphatic carbocycles. The Morgan fingerprint density at radius 3 is 1.95 bits per heavy atom. The summed E-state index contributed by atoms with van der Waals surface area (Å²) in [6, 6.07) is 2.99. The van der Waals surface area contributed by atoms with Crippen molar-refractivity contribution >= 4 is 29.1 Å². The minimum absolute atomic E-state index is 0.0869. The van der Waals surface area contributed by atoms with E-state index in [4.69, 9.17) is 5.11 Å². The van der Waals surface area contributed by atoms with Crippen LogP contribution in [0.15, 0.2) is 12.1 Å². The van der Waals surface area contributed by atoms with Crippen molar-refractivity contribution in [1.82, 2.24) is 9.80 Å². The molecule has 0 unspecified atom stereocenters. The number of hydrogen-bond donors (Lipinski definition) is 1. The van der Waals surface area contributed by atoms with Gasteiger partial charge in [-0.3, -0.25) is 9.59 Å². The first kappa shape index (κ1) is 16.5. The van der Waals surface area contributed by atoms with Crippen LogP contribution in [0.4, 0.5) is 0 Å². The maximum atomic E-state index is 12.3. The third kappa shape index (κ3) is 3.47. The van der Waals surface area contributed by atoms with Crippen LogP contribution in [-0.4, -0.2) is 58.9 Å². The SMILES string of the molecule is CC(C)(C)C(=O)N1CCN(C(=O)c2ccc(C(=O)O)s2)CC1. The summed E-state index contributed by atoms with van der Waals surface area (Å²) in [6.07, 6.45) is 0. The van der Waals surface area contributed by atoms with Crippen LogP contribution in [0.25, 0.3) is 0 Å². The number of carbonyl (C=O) groups excluding carboxylic acids is 2. The van der Waals surface area contributed by atoms with Gasteiger partial charge in [-0.15, -0.1) is 11.3 Å². The normalized spacial score (nSPS) is 15.8. The Labute approximate surface area is 133 Å². The average Bonchev–Trinajstić information content (AvgIpc) is 2.95. The molecule has 2 heterocycles. The van der Waals surface area contributed by atoms with Crippen molar-refractivity contribution in [2.75, 3.05) is 26.2 Å². The number of carbonyl (C=O) groups is 3. The van der Waals surface area contributed by atoms with Gasteiger partial charge in [-0.2, -0.15) is 0 Å². The van der Waals surface area contributed by atoms with Gasteiger partial charge in [-0.25, -0.2) is 4.79 Å². The third-order valence-corrected chi connectivity index (χ3v) is 4.58. The molecule has 1 N–H and O–H groups in total. The summed E-state index contributed by atoms with van der Waals surface area (Å²) in [5, 5.41) is 8.90. The zero-order valence-corrected chi connectivity index (χ0v) is 13.8. The maximum Gasteiger partial charge on any atom is 0.345 e. The van der Waals surface area contributed by atoms with Gasteiger partial charge < -0.3 is 14.9 Å². The van der Waals surface area contributed by atoms with Crippen LogP contribution in [0.2, 0.25) is 0 Å². The largest absolute Gasteiger partial charge is 0.477 e. The second-order valence-electron chi connectivity index (χ2n) is 6.30. The van der Waals surface area contributed by atoms with E-state index in [1.807, 2.05) is 20.8 Å². The molecule has 0 saturated carbocycles. The number of aromatic carboxylic acids is 1. The highest BCUT2D eigenvalue weighted by atomic mass is 32.1. The summed E-state index contributed by atoms with van der Waals surface area (Å²) in [4.78, 5) is 39.4. The smallest absolute Gasteiger partial charge is 0.345 e. The van der Waals surface area contributed by atoms with E-state index in [-0.39, 0.29) is 16.7 Å². The molecule has 1 aliphatic rings. The summed E-state index contributed by atoms with van der Waals surface area (Å²) in [5.74, 6) is -1.10. The minimum Gasteiger partial charge on any atom is -0.477 e. The summed E-state index contributed by atoms with van der Waals surface area (Å²) in [7, 11) is 0. The fourth-order valence-electron chi connectivity index (χ4n) is 2.31. The fourth-order valence-corrected chi connectivity index (χ4v) is 3.12. The van der Waals surface area contributed by atoms with Crippen LogP contribution >= 0.6 is 11.3 Å². The standard InChI is InChI=1S/C15H20N2O4S/c1-15(2,3)14(21)17-8-6-16(7-9-17)12(18)10-4-5-11(22-10)13(19)20/h4-5H,6-9H2,1-3H3,(H,19,20). The zero-order chi connectivity index (χ0) is 16.5. The van der Waals surface area contributed by atoms with Gasteiger partial charge in [0, 0.05) is 31.6 Å². The lowest BCUT2D eigenvalue weighted by atomic mass is 9.94. The van der Waals surface area contributed by atoms with Crippen LogP contribution in [0.5, 0.6) is 0 Å². The molecule has 0 spiro atoms. The Bertz CT molecular complexity index is 595. The van der Waals surface area contributed by atoms with Crippen molar-refractivity contribution in [2.24, 2.45) is 5.41 Å². The van der Waals surface area contributed by atoms with E-state index >= 15 is 0 Å².